The quantitative estimate of drug-likeness (QED) is 0.809. The molecular weight excluding hydrogens is 326 g/mol. The molecule has 0 saturated heterocycles. The Labute approximate surface area is 144 Å². The number of esters is 2. The Balaban J connectivity index is 1.93. The molecule has 0 aliphatic rings. The van der Waals surface area contributed by atoms with E-state index in [9.17, 15) is 14.4 Å². The molecule has 25 heavy (non-hydrogen) atoms. The van der Waals surface area contributed by atoms with E-state index in [0.717, 1.165) is 0 Å². The Morgan fingerprint density at radius 2 is 1.60 bits per heavy atom. The number of methoxy groups -OCH3 is 2. The second-order valence-electron chi connectivity index (χ2n) is 4.93. The molecule has 0 aromatic heterocycles. The van der Waals surface area contributed by atoms with Crippen LogP contribution in [0, 0.1) is 0 Å². The lowest BCUT2D eigenvalue weighted by Crippen LogP contribution is -2.21. The molecule has 7 nitrogen and oxygen atoms in total. The van der Waals surface area contributed by atoms with Gasteiger partial charge in [-0.1, -0.05) is 12.1 Å². The zero-order valence-electron chi connectivity index (χ0n) is 13.8. The number of anilines is 1. The molecule has 0 saturated carbocycles. The minimum absolute atomic E-state index is 0.150. The standard InChI is InChI=1S/C18H17NO6/c1-23-15-8-4-7-14(10-15)19-16(20)11-25-18(22)13-6-3-5-12(9-13)17(21)24-2/h3-10H,11H2,1-2H3,(H,19,20). The predicted octanol–water partition coefficient (Wildman–Crippen LogP) is 2.28. The van der Waals surface area contributed by atoms with Crippen LogP contribution in [0.15, 0.2) is 48.5 Å². The second-order valence-corrected chi connectivity index (χ2v) is 4.93. The van der Waals surface area contributed by atoms with Gasteiger partial charge in [0.25, 0.3) is 5.91 Å². The molecule has 0 fully saturated rings. The van der Waals surface area contributed by atoms with Gasteiger partial charge in [0, 0.05) is 11.8 Å². The number of carbonyl (C=O) groups excluding carboxylic acids is 3. The molecule has 0 aliphatic carbocycles. The summed E-state index contributed by atoms with van der Waals surface area (Å²) in [6, 6.07) is 12.6. The molecule has 2 aromatic carbocycles. The van der Waals surface area contributed by atoms with Gasteiger partial charge >= 0.3 is 11.9 Å². The number of hydrogen-bond acceptors (Lipinski definition) is 6. The summed E-state index contributed by atoms with van der Waals surface area (Å²) in [7, 11) is 2.77. The first kappa shape index (κ1) is 18.0. The maximum atomic E-state index is 12.0. The molecule has 1 N–H and O–H groups in total. The van der Waals surface area contributed by atoms with Crippen LogP contribution in [0.5, 0.6) is 5.75 Å². The van der Waals surface area contributed by atoms with Crippen molar-refractivity contribution in [3.8, 4) is 5.75 Å². The minimum Gasteiger partial charge on any atom is -0.497 e. The molecule has 2 aromatic rings. The fourth-order valence-corrected chi connectivity index (χ4v) is 2.00. The summed E-state index contributed by atoms with van der Waals surface area (Å²) < 4.78 is 14.6. The molecule has 0 atom stereocenters. The van der Waals surface area contributed by atoms with Crippen molar-refractivity contribution in [3.05, 3.63) is 59.7 Å². The van der Waals surface area contributed by atoms with Crippen molar-refractivity contribution < 1.29 is 28.6 Å². The first-order chi connectivity index (χ1) is 12.0. The van der Waals surface area contributed by atoms with Gasteiger partial charge in [-0.25, -0.2) is 9.59 Å². The van der Waals surface area contributed by atoms with E-state index in [0.29, 0.717) is 11.4 Å². The SMILES string of the molecule is COC(=O)c1cccc(C(=O)OCC(=O)Nc2cccc(OC)c2)c1. The normalized spacial score (nSPS) is 9.84. The highest BCUT2D eigenvalue weighted by molar-refractivity contribution is 5.97. The number of carbonyl (C=O) groups is 3. The van der Waals surface area contributed by atoms with E-state index in [-0.39, 0.29) is 11.1 Å². The first-order valence-corrected chi connectivity index (χ1v) is 7.33. The Bertz CT molecular complexity index is 787. The summed E-state index contributed by atoms with van der Waals surface area (Å²) in [6.07, 6.45) is 0. The van der Waals surface area contributed by atoms with Crippen LogP contribution in [0.2, 0.25) is 0 Å². The summed E-state index contributed by atoms with van der Waals surface area (Å²) >= 11 is 0. The Morgan fingerprint density at radius 3 is 2.28 bits per heavy atom. The van der Waals surface area contributed by atoms with Crippen molar-refractivity contribution in [1.82, 2.24) is 0 Å². The zero-order chi connectivity index (χ0) is 18.2. The summed E-state index contributed by atoms with van der Waals surface area (Å²) in [5.74, 6) is -1.18. The van der Waals surface area contributed by atoms with Crippen molar-refractivity contribution in [2.24, 2.45) is 0 Å². The van der Waals surface area contributed by atoms with Gasteiger partial charge in [-0.15, -0.1) is 0 Å². The molecule has 0 aliphatic heterocycles. The van der Waals surface area contributed by atoms with Crippen molar-refractivity contribution in [1.29, 1.82) is 0 Å². The van der Waals surface area contributed by atoms with E-state index in [1.165, 1.54) is 38.5 Å². The first-order valence-electron chi connectivity index (χ1n) is 7.33. The Kier molecular flexibility index (Phi) is 6.11. The van der Waals surface area contributed by atoms with Gasteiger partial charge in [0.2, 0.25) is 0 Å². The van der Waals surface area contributed by atoms with Gasteiger partial charge in [0.1, 0.15) is 5.75 Å². The second kappa shape index (κ2) is 8.49. The smallest absolute Gasteiger partial charge is 0.338 e. The molecule has 0 spiro atoms. The highest BCUT2D eigenvalue weighted by Gasteiger charge is 2.13. The van der Waals surface area contributed by atoms with Gasteiger partial charge in [0.15, 0.2) is 6.61 Å². The number of rotatable bonds is 6. The van der Waals surface area contributed by atoms with E-state index in [4.69, 9.17) is 9.47 Å². The maximum Gasteiger partial charge on any atom is 0.338 e. The lowest BCUT2D eigenvalue weighted by Gasteiger charge is -2.08. The average Bonchev–Trinajstić information content (AvgIpc) is 2.65. The third-order valence-electron chi connectivity index (χ3n) is 3.21. The molecule has 7 heteroatoms. The number of amides is 1. The van der Waals surface area contributed by atoms with Crippen LogP contribution in [0.3, 0.4) is 0 Å². The van der Waals surface area contributed by atoms with Crippen LogP contribution in [0.4, 0.5) is 5.69 Å². The Hall–Kier alpha value is -3.35. The van der Waals surface area contributed by atoms with E-state index < -0.39 is 24.5 Å². The molecule has 0 bridgehead atoms. The Morgan fingerprint density at radius 1 is 0.920 bits per heavy atom. The van der Waals surface area contributed by atoms with Crippen LogP contribution in [-0.2, 0) is 14.3 Å². The van der Waals surface area contributed by atoms with Crippen LogP contribution in [-0.4, -0.2) is 38.7 Å². The van der Waals surface area contributed by atoms with E-state index in [2.05, 4.69) is 10.1 Å². The lowest BCUT2D eigenvalue weighted by molar-refractivity contribution is -0.119. The van der Waals surface area contributed by atoms with E-state index in [1.54, 1.807) is 24.3 Å². The van der Waals surface area contributed by atoms with Gasteiger partial charge < -0.3 is 19.5 Å². The van der Waals surface area contributed by atoms with Crippen molar-refractivity contribution >= 4 is 23.5 Å². The number of benzene rings is 2. The largest absolute Gasteiger partial charge is 0.497 e. The fraction of sp³-hybridized carbons (Fsp3) is 0.167. The van der Waals surface area contributed by atoms with Crippen molar-refractivity contribution in [2.45, 2.75) is 0 Å². The summed E-state index contributed by atoms with van der Waals surface area (Å²) in [5, 5.41) is 2.59. The van der Waals surface area contributed by atoms with Gasteiger partial charge in [0.05, 0.1) is 25.3 Å². The highest BCUT2D eigenvalue weighted by atomic mass is 16.5. The summed E-state index contributed by atoms with van der Waals surface area (Å²) in [5.41, 5.74) is 0.892. The van der Waals surface area contributed by atoms with E-state index >= 15 is 0 Å². The fourth-order valence-electron chi connectivity index (χ4n) is 2.00. The van der Waals surface area contributed by atoms with E-state index in [1.807, 2.05) is 0 Å². The predicted molar refractivity (Wildman–Crippen MR) is 89.7 cm³/mol. The molecule has 0 heterocycles. The number of hydrogen-bond donors (Lipinski definition) is 1. The molecule has 130 valence electrons. The summed E-state index contributed by atoms with van der Waals surface area (Å²) in [6.45, 7) is -0.460. The number of ether oxygens (including phenoxy) is 3. The monoisotopic (exact) mass is 343 g/mol. The van der Waals surface area contributed by atoms with Crippen LogP contribution in [0.1, 0.15) is 20.7 Å². The maximum absolute atomic E-state index is 12.0. The topological polar surface area (TPSA) is 90.9 Å². The molecule has 1 amide bonds. The van der Waals surface area contributed by atoms with Crippen molar-refractivity contribution in [2.75, 3.05) is 26.1 Å². The van der Waals surface area contributed by atoms with Crippen molar-refractivity contribution in [3.63, 3.8) is 0 Å². The van der Waals surface area contributed by atoms with Crippen LogP contribution >= 0.6 is 0 Å². The molecule has 0 unspecified atom stereocenters. The summed E-state index contributed by atoms with van der Waals surface area (Å²) in [4.78, 5) is 35.3. The lowest BCUT2D eigenvalue weighted by atomic mass is 10.1. The van der Waals surface area contributed by atoms with Gasteiger partial charge in [-0.2, -0.15) is 0 Å². The van der Waals surface area contributed by atoms with Crippen LogP contribution in [0.25, 0.3) is 0 Å². The van der Waals surface area contributed by atoms with Crippen LogP contribution < -0.4 is 10.1 Å². The van der Waals surface area contributed by atoms with Gasteiger partial charge in [-0.3, -0.25) is 4.79 Å². The molecule has 2 rings (SSSR count). The third kappa shape index (κ3) is 5.07. The van der Waals surface area contributed by atoms with Gasteiger partial charge in [-0.05, 0) is 30.3 Å². The highest BCUT2D eigenvalue weighted by Crippen LogP contribution is 2.16. The third-order valence-corrected chi connectivity index (χ3v) is 3.21. The zero-order valence-corrected chi connectivity index (χ0v) is 13.8. The molecule has 0 radical (unpaired) electrons. The minimum atomic E-state index is -0.716. The molecular formula is C18H17NO6. The average molecular weight is 343 g/mol. The number of nitrogens with one attached hydrogen (secondary N) is 1.